The predicted octanol–water partition coefficient (Wildman–Crippen LogP) is 3.53. The van der Waals surface area contributed by atoms with Crippen LogP contribution in [-0.4, -0.2) is 4.98 Å². The summed E-state index contributed by atoms with van der Waals surface area (Å²) in [5.41, 5.74) is 1.03. The highest BCUT2D eigenvalue weighted by Crippen LogP contribution is 2.19. The van der Waals surface area contributed by atoms with E-state index in [1.807, 2.05) is 20.8 Å². The van der Waals surface area contributed by atoms with Crippen molar-refractivity contribution < 1.29 is 8.81 Å². The zero-order valence-corrected chi connectivity index (χ0v) is 10.8. The Morgan fingerprint density at radius 1 is 1.17 bits per heavy atom. The molecule has 4 heteroatoms. The number of rotatable bonds is 4. The van der Waals surface area contributed by atoms with Gasteiger partial charge in [-0.2, -0.15) is 0 Å². The molecule has 0 spiro atoms. The molecule has 3 nitrogen and oxygen atoms in total. The summed E-state index contributed by atoms with van der Waals surface area (Å²) >= 11 is 0. The van der Waals surface area contributed by atoms with Crippen molar-refractivity contribution in [2.75, 3.05) is 0 Å². The van der Waals surface area contributed by atoms with Gasteiger partial charge in [0.05, 0.1) is 12.2 Å². The maximum atomic E-state index is 12.8. The van der Waals surface area contributed by atoms with E-state index >= 15 is 0 Å². The number of hydrogen-bond acceptors (Lipinski definition) is 3. The quantitative estimate of drug-likeness (QED) is 0.899. The Kier molecular flexibility index (Phi) is 3.77. The number of halogens is 1. The maximum Gasteiger partial charge on any atom is 0.211 e. The molecule has 0 aliphatic heterocycles. The van der Waals surface area contributed by atoms with Crippen molar-refractivity contribution >= 4 is 0 Å². The number of aromatic nitrogens is 1. The molecule has 0 fully saturated rings. The van der Waals surface area contributed by atoms with E-state index in [0.717, 1.165) is 11.3 Å². The molecule has 0 saturated heterocycles. The van der Waals surface area contributed by atoms with Crippen molar-refractivity contribution in [3.8, 4) is 0 Å². The first-order valence-corrected chi connectivity index (χ1v) is 6.00. The van der Waals surface area contributed by atoms with Gasteiger partial charge in [-0.15, -0.1) is 0 Å². The smallest absolute Gasteiger partial charge is 0.211 e. The lowest BCUT2D eigenvalue weighted by atomic mass is 10.1. The second kappa shape index (κ2) is 5.31. The summed E-state index contributed by atoms with van der Waals surface area (Å²) < 4.78 is 18.3. The molecule has 2 rings (SSSR count). The van der Waals surface area contributed by atoms with Crippen molar-refractivity contribution in [3.63, 3.8) is 0 Å². The average molecular weight is 248 g/mol. The van der Waals surface area contributed by atoms with E-state index in [0.29, 0.717) is 5.89 Å². The van der Waals surface area contributed by atoms with Crippen LogP contribution in [0.15, 0.2) is 34.9 Å². The Morgan fingerprint density at radius 3 is 2.39 bits per heavy atom. The Balaban J connectivity index is 2.02. The molecule has 0 bridgehead atoms. The summed E-state index contributed by atoms with van der Waals surface area (Å²) in [6, 6.07) is 6.61. The van der Waals surface area contributed by atoms with Gasteiger partial charge >= 0.3 is 0 Å². The number of nitrogens with zero attached hydrogens (tertiary/aromatic N) is 1. The van der Waals surface area contributed by atoms with Gasteiger partial charge < -0.3 is 4.42 Å². The maximum absolute atomic E-state index is 12.8. The molecule has 2 aromatic rings. The zero-order valence-electron chi connectivity index (χ0n) is 10.8. The first-order valence-electron chi connectivity index (χ1n) is 6.00. The van der Waals surface area contributed by atoms with Crippen molar-refractivity contribution in [3.05, 3.63) is 53.5 Å². The molecule has 1 N–H and O–H groups in total. The van der Waals surface area contributed by atoms with Crippen molar-refractivity contribution in [2.24, 2.45) is 0 Å². The van der Waals surface area contributed by atoms with E-state index in [1.54, 1.807) is 18.3 Å². The lowest BCUT2D eigenvalue weighted by molar-refractivity contribution is 0.380. The number of aryl methyl sites for hydroxylation is 1. The summed E-state index contributed by atoms with van der Waals surface area (Å²) in [4.78, 5) is 4.19. The van der Waals surface area contributed by atoms with Gasteiger partial charge in [0.25, 0.3) is 0 Å². The summed E-state index contributed by atoms with van der Waals surface area (Å²) in [5.74, 6) is 1.25. The fraction of sp³-hybridized carbons (Fsp3) is 0.357. The molecule has 2 unspecified atom stereocenters. The molecule has 0 saturated carbocycles. The number of oxazole rings is 1. The molecular formula is C14H17FN2O. The minimum Gasteiger partial charge on any atom is -0.444 e. The van der Waals surface area contributed by atoms with Crippen LogP contribution < -0.4 is 5.32 Å². The van der Waals surface area contributed by atoms with Gasteiger partial charge in [0, 0.05) is 6.04 Å². The molecule has 1 aromatic carbocycles. The third-order valence-electron chi connectivity index (χ3n) is 2.88. The largest absolute Gasteiger partial charge is 0.444 e. The molecule has 0 radical (unpaired) electrons. The van der Waals surface area contributed by atoms with E-state index in [4.69, 9.17) is 4.42 Å². The van der Waals surface area contributed by atoms with Gasteiger partial charge in [-0.25, -0.2) is 9.37 Å². The van der Waals surface area contributed by atoms with Crippen LogP contribution >= 0.6 is 0 Å². The predicted molar refractivity (Wildman–Crippen MR) is 67.6 cm³/mol. The van der Waals surface area contributed by atoms with E-state index in [-0.39, 0.29) is 17.9 Å². The van der Waals surface area contributed by atoms with Crippen LogP contribution in [0.2, 0.25) is 0 Å². The fourth-order valence-electron chi connectivity index (χ4n) is 1.87. The third-order valence-corrected chi connectivity index (χ3v) is 2.88. The number of nitrogens with one attached hydrogen (secondary N) is 1. The minimum atomic E-state index is -0.220. The average Bonchev–Trinajstić information content (AvgIpc) is 2.76. The van der Waals surface area contributed by atoms with Crippen LogP contribution in [0, 0.1) is 12.7 Å². The molecule has 96 valence electrons. The lowest BCUT2D eigenvalue weighted by Crippen LogP contribution is -2.22. The Labute approximate surface area is 106 Å². The van der Waals surface area contributed by atoms with Crippen molar-refractivity contribution in [1.82, 2.24) is 10.3 Å². The number of benzene rings is 1. The van der Waals surface area contributed by atoms with Gasteiger partial charge in [0.1, 0.15) is 11.6 Å². The molecular weight excluding hydrogens is 231 g/mol. The summed E-state index contributed by atoms with van der Waals surface area (Å²) in [6.07, 6.45) is 1.70. The topological polar surface area (TPSA) is 38.1 Å². The van der Waals surface area contributed by atoms with Crippen molar-refractivity contribution in [1.29, 1.82) is 0 Å². The second-order valence-electron chi connectivity index (χ2n) is 4.47. The van der Waals surface area contributed by atoms with E-state index in [1.165, 1.54) is 12.1 Å². The van der Waals surface area contributed by atoms with E-state index < -0.39 is 0 Å². The third kappa shape index (κ3) is 2.96. The summed E-state index contributed by atoms with van der Waals surface area (Å²) in [7, 11) is 0. The highest BCUT2D eigenvalue weighted by Gasteiger charge is 2.15. The molecule has 0 amide bonds. The van der Waals surface area contributed by atoms with Gasteiger partial charge in [-0.05, 0) is 38.5 Å². The highest BCUT2D eigenvalue weighted by atomic mass is 19.1. The van der Waals surface area contributed by atoms with Crippen LogP contribution in [0.25, 0.3) is 0 Å². The van der Waals surface area contributed by atoms with Crippen LogP contribution in [0.4, 0.5) is 4.39 Å². The van der Waals surface area contributed by atoms with Crippen LogP contribution in [-0.2, 0) is 0 Å². The summed E-state index contributed by atoms with van der Waals surface area (Å²) in [6.45, 7) is 5.89. The minimum absolute atomic E-state index is 0.0127. The molecule has 0 aliphatic rings. The van der Waals surface area contributed by atoms with E-state index in [2.05, 4.69) is 10.3 Å². The van der Waals surface area contributed by atoms with Gasteiger partial charge in [-0.3, -0.25) is 5.32 Å². The molecule has 18 heavy (non-hydrogen) atoms. The van der Waals surface area contributed by atoms with Crippen LogP contribution in [0.5, 0.6) is 0 Å². The van der Waals surface area contributed by atoms with Crippen LogP contribution in [0.3, 0.4) is 0 Å². The Morgan fingerprint density at radius 2 is 1.83 bits per heavy atom. The monoisotopic (exact) mass is 248 g/mol. The first kappa shape index (κ1) is 12.8. The van der Waals surface area contributed by atoms with Crippen LogP contribution in [0.1, 0.15) is 43.1 Å². The van der Waals surface area contributed by atoms with Gasteiger partial charge in [-0.1, -0.05) is 12.1 Å². The Bertz CT molecular complexity index is 507. The standard InChI is InChI=1S/C14H17FN2O/c1-9-8-16-14(18-9)11(3)17-10(2)12-4-6-13(15)7-5-12/h4-8,10-11,17H,1-3H3. The fourth-order valence-corrected chi connectivity index (χ4v) is 1.87. The number of hydrogen-bond donors (Lipinski definition) is 1. The van der Waals surface area contributed by atoms with Gasteiger partial charge in [0.2, 0.25) is 5.89 Å². The normalized spacial score (nSPS) is 14.4. The molecule has 2 atom stereocenters. The lowest BCUT2D eigenvalue weighted by Gasteiger charge is -2.18. The molecule has 0 aliphatic carbocycles. The SMILES string of the molecule is Cc1cnc(C(C)NC(C)c2ccc(F)cc2)o1. The first-order chi connectivity index (χ1) is 8.56. The zero-order chi connectivity index (χ0) is 13.1. The second-order valence-corrected chi connectivity index (χ2v) is 4.47. The van der Waals surface area contributed by atoms with E-state index in [9.17, 15) is 4.39 Å². The molecule has 1 heterocycles. The summed E-state index contributed by atoms with van der Waals surface area (Å²) in [5, 5.41) is 3.37. The Hall–Kier alpha value is -1.68. The highest BCUT2D eigenvalue weighted by molar-refractivity contribution is 5.19. The molecule has 1 aromatic heterocycles. The van der Waals surface area contributed by atoms with Crippen molar-refractivity contribution in [2.45, 2.75) is 32.9 Å². The van der Waals surface area contributed by atoms with Gasteiger partial charge in [0.15, 0.2) is 0 Å².